The van der Waals surface area contributed by atoms with E-state index in [-0.39, 0.29) is 30.8 Å². The molecule has 4 unspecified atom stereocenters. The first-order chi connectivity index (χ1) is 30.1. The first-order valence-corrected chi connectivity index (χ1v) is 24.0. The summed E-state index contributed by atoms with van der Waals surface area (Å²) < 4.78 is 17.7. The van der Waals surface area contributed by atoms with Gasteiger partial charge in [-0.15, -0.1) is 11.8 Å². The van der Waals surface area contributed by atoms with E-state index < -0.39 is 78.4 Å². The van der Waals surface area contributed by atoms with Crippen LogP contribution in [0, 0.1) is 38.5 Å². The first kappa shape index (κ1) is 55.8. The molecule has 1 aliphatic rings. The third-order valence-corrected chi connectivity index (χ3v) is 13.2. The van der Waals surface area contributed by atoms with Gasteiger partial charge in [0.05, 0.1) is 18.3 Å². The largest absolute Gasteiger partial charge is 0.487 e. The average Bonchev–Trinajstić information content (AvgIpc) is 3.22. The lowest BCUT2D eigenvalue weighted by Crippen LogP contribution is -2.50. The molecule has 0 saturated carbocycles. The number of benzene rings is 1. The van der Waals surface area contributed by atoms with Crippen molar-refractivity contribution in [3.05, 3.63) is 22.3 Å². The van der Waals surface area contributed by atoms with Crippen LogP contribution in [-0.2, 0) is 44.7 Å². The highest BCUT2D eigenvalue weighted by atomic mass is 32.2. The van der Waals surface area contributed by atoms with Gasteiger partial charge in [-0.1, -0.05) is 72.6 Å². The summed E-state index contributed by atoms with van der Waals surface area (Å²) in [6, 6.07) is -2.74. The van der Waals surface area contributed by atoms with Gasteiger partial charge < -0.3 is 46.1 Å². The summed E-state index contributed by atoms with van der Waals surface area (Å²) in [5.41, 5.74) is 8.42. The van der Waals surface area contributed by atoms with Crippen LogP contribution in [0.5, 0.6) is 11.5 Å². The maximum absolute atomic E-state index is 13.7. The predicted molar refractivity (Wildman–Crippen MR) is 246 cm³/mol. The maximum Gasteiger partial charge on any atom is 0.325 e. The molecule has 0 radical (unpaired) electrons. The number of nitrogens with one attached hydrogen (secondary N) is 3. The van der Waals surface area contributed by atoms with E-state index in [9.17, 15) is 33.6 Å². The number of carbonyl (C=O) groups excluding carboxylic acids is 5. The fraction of sp³-hybridized carbons (Fsp3) is 0.723. The summed E-state index contributed by atoms with van der Waals surface area (Å²) in [6.07, 6.45) is 11.3. The molecule has 0 saturated heterocycles. The van der Waals surface area contributed by atoms with Gasteiger partial charge in [0.2, 0.25) is 17.7 Å². The Kier molecular flexibility index (Phi) is 24.2. The molecule has 1 aliphatic heterocycles. The standard InChI is InChI=1S/C47H76N4O12S/c1-10-61-41(56)26-50-45(58)37(64-27-36(44(57)49-25-39(53)54)51-38(52)20-19-35(48)46(59)60)24-40(55)62-42-31(6)32(7)43-34(33(42)8)21-23-47(9,63-43)22-13-18-30(5)17-12-16-29(4)15-11-14-28(2)3/h28-30,35-37H,10-27,48H2,1-9H3,(H,49,57)(H,50,58)(H,51,52)(H,53,54)(H,59,60)/t29?,30?,35-,36-,37?,47?/m0/s1. The molecule has 1 aromatic carbocycles. The number of hydrogen-bond acceptors (Lipinski definition) is 12. The molecule has 0 bridgehead atoms. The normalized spacial score (nSPS) is 16.9. The second kappa shape index (κ2) is 27.8. The van der Waals surface area contributed by atoms with Crippen molar-refractivity contribution in [2.75, 3.05) is 25.4 Å². The van der Waals surface area contributed by atoms with Crippen LogP contribution in [0.25, 0.3) is 0 Å². The molecule has 0 spiro atoms. The van der Waals surface area contributed by atoms with Gasteiger partial charge in [0.25, 0.3) is 0 Å². The number of carbonyl (C=O) groups is 7. The summed E-state index contributed by atoms with van der Waals surface area (Å²) >= 11 is 0.799. The van der Waals surface area contributed by atoms with Crippen molar-refractivity contribution in [1.82, 2.24) is 16.0 Å². The minimum absolute atomic E-state index is 0.0738. The fourth-order valence-electron chi connectivity index (χ4n) is 7.79. The van der Waals surface area contributed by atoms with Crippen LogP contribution in [0.4, 0.5) is 0 Å². The van der Waals surface area contributed by atoms with Gasteiger partial charge in [0.1, 0.15) is 42.3 Å². The fourth-order valence-corrected chi connectivity index (χ4v) is 8.94. The smallest absolute Gasteiger partial charge is 0.325 e. The van der Waals surface area contributed by atoms with Crippen LogP contribution < -0.4 is 31.2 Å². The SMILES string of the molecule is CCOC(=O)CNC(=O)C(CC(=O)Oc1c(C)c(C)c2c(c1C)CCC(C)(CCCC(C)CCCC(C)CCCC(C)C)O2)SC[C@H](NC(=O)CC[C@H](N)C(=O)O)C(=O)NCC(=O)O. The van der Waals surface area contributed by atoms with Gasteiger partial charge in [-0.25, -0.2) is 0 Å². The number of esters is 2. The van der Waals surface area contributed by atoms with Gasteiger partial charge in [-0.3, -0.25) is 33.6 Å². The van der Waals surface area contributed by atoms with Crippen molar-refractivity contribution in [1.29, 1.82) is 0 Å². The van der Waals surface area contributed by atoms with Crippen molar-refractivity contribution >= 4 is 53.4 Å². The molecule has 1 aromatic rings. The summed E-state index contributed by atoms with van der Waals surface area (Å²) in [6.45, 7) is 17.5. The summed E-state index contributed by atoms with van der Waals surface area (Å²) in [5.74, 6) is -3.53. The Bertz CT molecular complexity index is 1760. The van der Waals surface area contributed by atoms with E-state index in [0.717, 1.165) is 78.1 Å². The minimum atomic E-state index is -1.40. The monoisotopic (exact) mass is 921 g/mol. The van der Waals surface area contributed by atoms with E-state index in [2.05, 4.69) is 50.6 Å². The number of amides is 3. The molecule has 362 valence electrons. The lowest BCUT2D eigenvalue weighted by Gasteiger charge is -2.38. The molecule has 64 heavy (non-hydrogen) atoms. The zero-order valence-electron chi connectivity index (χ0n) is 39.7. The molecular weight excluding hydrogens is 845 g/mol. The lowest BCUT2D eigenvalue weighted by molar-refractivity contribution is -0.143. The number of thioether (sulfide) groups is 1. The van der Waals surface area contributed by atoms with Crippen LogP contribution in [0.2, 0.25) is 0 Å². The Morgan fingerprint density at radius 2 is 1.42 bits per heavy atom. The zero-order valence-corrected chi connectivity index (χ0v) is 40.5. The highest BCUT2D eigenvalue weighted by Gasteiger charge is 2.36. The molecule has 2 rings (SSSR count). The number of ether oxygens (including phenoxy) is 3. The number of fused-ring (bicyclic) bond motifs is 1. The maximum atomic E-state index is 13.7. The Balaban J connectivity index is 2.18. The third-order valence-electron chi connectivity index (χ3n) is 11.9. The zero-order chi connectivity index (χ0) is 48.1. The Labute approximate surface area is 384 Å². The van der Waals surface area contributed by atoms with Gasteiger partial charge in [-0.2, -0.15) is 0 Å². The molecule has 0 aliphatic carbocycles. The highest BCUT2D eigenvalue weighted by Crippen LogP contribution is 2.45. The van der Waals surface area contributed by atoms with Crippen LogP contribution in [0.1, 0.15) is 147 Å². The van der Waals surface area contributed by atoms with Gasteiger partial charge in [-0.05, 0) is 101 Å². The summed E-state index contributed by atoms with van der Waals surface area (Å²) in [5, 5.41) is 24.0. The molecular formula is C47H76N4O12S. The quantitative estimate of drug-likeness (QED) is 0.0378. The Hall–Kier alpha value is -4.38. The van der Waals surface area contributed by atoms with Crippen LogP contribution >= 0.6 is 11.8 Å². The van der Waals surface area contributed by atoms with E-state index in [1.54, 1.807) is 6.92 Å². The molecule has 7 N–H and O–H groups in total. The van der Waals surface area contributed by atoms with Crippen molar-refractivity contribution in [2.24, 2.45) is 23.5 Å². The second-order valence-corrected chi connectivity index (χ2v) is 19.4. The van der Waals surface area contributed by atoms with E-state index in [1.807, 2.05) is 20.8 Å². The second-order valence-electron chi connectivity index (χ2n) is 18.2. The highest BCUT2D eigenvalue weighted by molar-refractivity contribution is 8.00. The molecule has 16 nitrogen and oxygen atoms in total. The van der Waals surface area contributed by atoms with Crippen LogP contribution in [0.3, 0.4) is 0 Å². The van der Waals surface area contributed by atoms with E-state index in [4.69, 9.17) is 30.2 Å². The number of aliphatic carboxylic acids is 2. The summed E-state index contributed by atoms with van der Waals surface area (Å²) in [4.78, 5) is 87.3. The topological polar surface area (TPSA) is 250 Å². The van der Waals surface area contributed by atoms with Crippen LogP contribution in [0.15, 0.2) is 0 Å². The van der Waals surface area contributed by atoms with E-state index in [1.165, 1.54) is 38.5 Å². The van der Waals surface area contributed by atoms with Gasteiger partial charge in [0.15, 0.2) is 0 Å². The molecule has 0 aromatic heterocycles. The molecule has 0 fully saturated rings. The summed E-state index contributed by atoms with van der Waals surface area (Å²) in [7, 11) is 0. The number of rotatable bonds is 30. The van der Waals surface area contributed by atoms with E-state index >= 15 is 0 Å². The third kappa shape index (κ3) is 19.8. The van der Waals surface area contributed by atoms with Crippen LogP contribution in [-0.4, -0.2) is 100 Å². The number of nitrogens with two attached hydrogens (primary N) is 1. The Morgan fingerprint density at radius 3 is 2.02 bits per heavy atom. The predicted octanol–water partition coefficient (Wildman–Crippen LogP) is 6.09. The van der Waals surface area contributed by atoms with Gasteiger partial charge >= 0.3 is 23.9 Å². The number of carboxylic acids is 2. The van der Waals surface area contributed by atoms with Crippen molar-refractivity contribution in [3.8, 4) is 11.5 Å². The minimum Gasteiger partial charge on any atom is -0.487 e. The van der Waals surface area contributed by atoms with Crippen molar-refractivity contribution in [2.45, 2.75) is 175 Å². The van der Waals surface area contributed by atoms with Gasteiger partial charge in [0, 0.05) is 17.7 Å². The molecule has 17 heteroatoms. The van der Waals surface area contributed by atoms with Crippen molar-refractivity contribution in [3.63, 3.8) is 0 Å². The molecule has 6 atom stereocenters. The Morgan fingerprint density at radius 1 is 0.812 bits per heavy atom. The number of hydrogen-bond donors (Lipinski definition) is 6. The van der Waals surface area contributed by atoms with Crippen molar-refractivity contribution < 1.29 is 58.0 Å². The molecule has 1 heterocycles. The first-order valence-electron chi connectivity index (χ1n) is 22.9. The van der Waals surface area contributed by atoms with E-state index in [0.29, 0.717) is 17.2 Å². The number of carboxylic acid groups (broad SMARTS) is 2. The average molecular weight is 921 g/mol. The lowest BCUT2D eigenvalue weighted by atomic mass is 9.83. The molecule has 3 amide bonds.